The topological polar surface area (TPSA) is 94.3 Å². The number of hydrogen-bond acceptors (Lipinski definition) is 5. The van der Waals surface area contributed by atoms with Gasteiger partial charge in [0.25, 0.3) is 5.88 Å². The quantitative estimate of drug-likeness (QED) is 0.912. The van der Waals surface area contributed by atoms with Gasteiger partial charge in [0.15, 0.2) is 0 Å². The summed E-state index contributed by atoms with van der Waals surface area (Å²) in [5.41, 5.74) is -0.411. The summed E-state index contributed by atoms with van der Waals surface area (Å²) in [5, 5.41) is 8.87. The summed E-state index contributed by atoms with van der Waals surface area (Å²) in [7, 11) is 0. The average molecular weight is 275 g/mol. The highest BCUT2D eigenvalue weighted by atomic mass is 16.5. The van der Waals surface area contributed by atoms with Crippen molar-refractivity contribution in [2.24, 2.45) is 0 Å². The Bertz CT molecular complexity index is 694. The number of carbonyl (C=O) groups is 1. The minimum atomic E-state index is -1.12. The van der Waals surface area contributed by atoms with E-state index < -0.39 is 5.97 Å². The fourth-order valence-corrected chi connectivity index (χ4v) is 1.59. The van der Waals surface area contributed by atoms with Crippen LogP contribution in [-0.4, -0.2) is 25.6 Å². The Balaban J connectivity index is 2.36. The molecule has 1 N–H and O–H groups in total. The van der Waals surface area contributed by atoms with Gasteiger partial charge in [-0.3, -0.25) is 9.78 Å². The van der Waals surface area contributed by atoms with Gasteiger partial charge in [0, 0.05) is 24.6 Å². The number of aromatic carboxylic acids is 1. The first-order chi connectivity index (χ1) is 9.49. The van der Waals surface area contributed by atoms with Crippen LogP contribution in [0.3, 0.4) is 0 Å². The standard InChI is InChI=1S/C13H13N3O4/c1-8(2)16-4-3-15-11(12(16)17)20-10-5-9(13(18)19)6-14-7-10/h3-8H,1-2H3,(H,18,19). The number of pyridine rings is 1. The maximum absolute atomic E-state index is 12.1. The van der Waals surface area contributed by atoms with Crippen LogP contribution in [0.1, 0.15) is 30.2 Å². The van der Waals surface area contributed by atoms with Crippen LogP contribution in [-0.2, 0) is 0 Å². The molecule has 0 saturated heterocycles. The summed E-state index contributed by atoms with van der Waals surface area (Å²) >= 11 is 0. The Morgan fingerprint density at radius 1 is 1.40 bits per heavy atom. The second-order valence-corrected chi connectivity index (χ2v) is 4.36. The van der Waals surface area contributed by atoms with Crippen molar-refractivity contribution in [3.8, 4) is 11.6 Å². The van der Waals surface area contributed by atoms with E-state index in [0.29, 0.717) is 0 Å². The van der Waals surface area contributed by atoms with Gasteiger partial charge in [-0.25, -0.2) is 9.78 Å². The molecule has 0 unspecified atom stereocenters. The highest BCUT2D eigenvalue weighted by Crippen LogP contribution is 2.16. The number of carboxylic acid groups (broad SMARTS) is 1. The SMILES string of the molecule is CC(C)n1ccnc(Oc2cncc(C(=O)O)c2)c1=O. The monoisotopic (exact) mass is 275 g/mol. The molecule has 7 heteroatoms. The third-order valence-electron chi connectivity index (χ3n) is 2.57. The normalized spacial score (nSPS) is 10.6. The van der Waals surface area contributed by atoms with Gasteiger partial charge in [0.1, 0.15) is 5.75 Å². The predicted octanol–water partition coefficient (Wildman–Crippen LogP) is 1.71. The van der Waals surface area contributed by atoms with Crippen LogP contribution in [0, 0.1) is 0 Å². The van der Waals surface area contributed by atoms with Crippen molar-refractivity contribution < 1.29 is 14.6 Å². The van der Waals surface area contributed by atoms with E-state index in [1.807, 2.05) is 13.8 Å². The number of hydrogen-bond donors (Lipinski definition) is 1. The molecule has 0 aliphatic rings. The molecule has 0 spiro atoms. The number of carboxylic acids is 1. The lowest BCUT2D eigenvalue weighted by molar-refractivity contribution is 0.0696. The molecular weight excluding hydrogens is 262 g/mol. The van der Waals surface area contributed by atoms with E-state index in [4.69, 9.17) is 9.84 Å². The average Bonchev–Trinajstić information content (AvgIpc) is 2.41. The molecule has 0 aromatic carbocycles. The molecule has 0 radical (unpaired) electrons. The van der Waals surface area contributed by atoms with Gasteiger partial charge in [-0.15, -0.1) is 0 Å². The maximum Gasteiger partial charge on any atom is 0.337 e. The summed E-state index contributed by atoms with van der Waals surface area (Å²) in [6, 6.07) is 1.25. The fraction of sp³-hybridized carbons (Fsp3) is 0.231. The minimum absolute atomic E-state index is 0.0254. The second kappa shape index (κ2) is 5.52. The lowest BCUT2D eigenvalue weighted by Gasteiger charge is -2.10. The third kappa shape index (κ3) is 2.82. The van der Waals surface area contributed by atoms with E-state index in [2.05, 4.69) is 9.97 Å². The number of aromatic nitrogens is 3. The van der Waals surface area contributed by atoms with Gasteiger partial charge in [-0.05, 0) is 19.9 Å². The second-order valence-electron chi connectivity index (χ2n) is 4.36. The van der Waals surface area contributed by atoms with Crippen LogP contribution in [0.15, 0.2) is 35.6 Å². The summed E-state index contributed by atoms with van der Waals surface area (Å²) in [4.78, 5) is 30.5. The van der Waals surface area contributed by atoms with E-state index >= 15 is 0 Å². The Morgan fingerprint density at radius 2 is 2.15 bits per heavy atom. The fourth-order valence-electron chi connectivity index (χ4n) is 1.59. The molecule has 0 saturated carbocycles. The zero-order valence-corrected chi connectivity index (χ0v) is 11.0. The van der Waals surface area contributed by atoms with E-state index in [1.54, 1.807) is 6.20 Å². The first kappa shape index (κ1) is 13.7. The van der Waals surface area contributed by atoms with Gasteiger partial charge in [0.05, 0.1) is 11.8 Å². The molecule has 2 aromatic heterocycles. The Kier molecular flexibility index (Phi) is 3.79. The highest BCUT2D eigenvalue weighted by Gasteiger charge is 2.11. The van der Waals surface area contributed by atoms with E-state index in [9.17, 15) is 9.59 Å². The number of ether oxygens (including phenoxy) is 1. The van der Waals surface area contributed by atoms with Crippen molar-refractivity contribution >= 4 is 5.97 Å². The smallest absolute Gasteiger partial charge is 0.337 e. The van der Waals surface area contributed by atoms with Crippen molar-refractivity contribution in [1.82, 2.24) is 14.5 Å². The molecule has 2 heterocycles. The lowest BCUT2D eigenvalue weighted by atomic mass is 10.3. The molecule has 0 amide bonds. The lowest BCUT2D eigenvalue weighted by Crippen LogP contribution is -2.23. The molecular formula is C13H13N3O4. The Labute approximate surface area is 114 Å². The predicted molar refractivity (Wildman–Crippen MR) is 70.2 cm³/mol. The zero-order chi connectivity index (χ0) is 14.7. The molecule has 0 fully saturated rings. The summed E-state index contributed by atoms with van der Waals surface area (Å²) in [5.74, 6) is -1.09. The van der Waals surface area contributed by atoms with Crippen LogP contribution in [0.2, 0.25) is 0 Å². The van der Waals surface area contributed by atoms with E-state index in [0.717, 1.165) is 0 Å². The van der Waals surface area contributed by atoms with Crippen molar-refractivity contribution in [2.45, 2.75) is 19.9 Å². The summed E-state index contributed by atoms with van der Waals surface area (Å²) < 4.78 is 6.79. The van der Waals surface area contributed by atoms with Gasteiger partial charge in [-0.2, -0.15) is 0 Å². The third-order valence-corrected chi connectivity index (χ3v) is 2.57. The molecule has 2 aromatic rings. The van der Waals surface area contributed by atoms with Crippen molar-refractivity contribution in [3.63, 3.8) is 0 Å². The van der Waals surface area contributed by atoms with E-state index in [-0.39, 0.29) is 28.8 Å². The van der Waals surface area contributed by atoms with Crippen LogP contribution in [0.5, 0.6) is 11.6 Å². The molecule has 0 atom stereocenters. The number of nitrogens with zero attached hydrogens (tertiary/aromatic N) is 3. The van der Waals surface area contributed by atoms with Gasteiger partial charge < -0.3 is 14.4 Å². The molecule has 20 heavy (non-hydrogen) atoms. The van der Waals surface area contributed by atoms with E-state index in [1.165, 1.54) is 29.2 Å². The summed E-state index contributed by atoms with van der Waals surface area (Å²) in [6.45, 7) is 3.72. The molecule has 7 nitrogen and oxygen atoms in total. The number of rotatable bonds is 4. The minimum Gasteiger partial charge on any atom is -0.478 e. The molecule has 104 valence electrons. The van der Waals surface area contributed by atoms with Crippen molar-refractivity contribution in [3.05, 3.63) is 46.8 Å². The Morgan fingerprint density at radius 3 is 2.80 bits per heavy atom. The van der Waals surface area contributed by atoms with Crippen molar-refractivity contribution in [1.29, 1.82) is 0 Å². The first-order valence-corrected chi connectivity index (χ1v) is 5.92. The maximum atomic E-state index is 12.1. The molecule has 0 aliphatic heterocycles. The molecule has 0 bridgehead atoms. The zero-order valence-electron chi connectivity index (χ0n) is 11.0. The summed E-state index contributed by atoms with van der Waals surface area (Å²) in [6.07, 6.45) is 5.53. The van der Waals surface area contributed by atoms with Gasteiger partial charge >= 0.3 is 11.5 Å². The highest BCUT2D eigenvalue weighted by molar-refractivity contribution is 5.87. The molecule has 0 aliphatic carbocycles. The van der Waals surface area contributed by atoms with Crippen molar-refractivity contribution in [2.75, 3.05) is 0 Å². The van der Waals surface area contributed by atoms with Crippen LogP contribution < -0.4 is 10.3 Å². The largest absolute Gasteiger partial charge is 0.478 e. The first-order valence-electron chi connectivity index (χ1n) is 5.92. The Hall–Kier alpha value is -2.70. The van der Waals surface area contributed by atoms with Crippen LogP contribution in [0.4, 0.5) is 0 Å². The van der Waals surface area contributed by atoms with Gasteiger partial charge in [0.2, 0.25) is 0 Å². The van der Waals surface area contributed by atoms with Gasteiger partial charge in [-0.1, -0.05) is 0 Å². The van der Waals surface area contributed by atoms with Crippen LogP contribution >= 0.6 is 0 Å². The molecule has 2 rings (SSSR count). The van der Waals surface area contributed by atoms with Crippen LogP contribution in [0.25, 0.3) is 0 Å².